The molecule has 3 rings (SSSR count). The average Bonchev–Trinajstić information content (AvgIpc) is 2.59. The monoisotopic (exact) mass is 356 g/mol. The SMILES string of the molecule is O=C(O)Cc1cc2c(cc1F)c(=O)c(C(=O)O)cn2Cc1ccccn1. The van der Waals surface area contributed by atoms with Crippen LogP contribution in [0.4, 0.5) is 4.39 Å². The summed E-state index contributed by atoms with van der Waals surface area (Å²) in [4.78, 5) is 38.8. The molecular formula is C18H13FN2O5. The maximum absolute atomic E-state index is 14.2. The van der Waals surface area contributed by atoms with Crippen LogP contribution >= 0.6 is 0 Å². The van der Waals surface area contributed by atoms with E-state index in [1.54, 1.807) is 24.4 Å². The number of benzene rings is 1. The normalized spacial score (nSPS) is 10.8. The number of carboxylic acid groups (broad SMARTS) is 2. The van der Waals surface area contributed by atoms with Gasteiger partial charge in [-0.3, -0.25) is 14.6 Å². The number of aromatic nitrogens is 2. The minimum atomic E-state index is -1.43. The summed E-state index contributed by atoms with van der Waals surface area (Å²) >= 11 is 0. The molecular weight excluding hydrogens is 343 g/mol. The zero-order chi connectivity index (χ0) is 18.8. The highest BCUT2D eigenvalue weighted by Crippen LogP contribution is 2.19. The van der Waals surface area contributed by atoms with Gasteiger partial charge in [0.2, 0.25) is 5.43 Å². The van der Waals surface area contributed by atoms with Gasteiger partial charge in [0, 0.05) is 23.3 Å². The molecule has 26 heavy (non-hydrogen) atoms. The number of fused-ring (bicyclic) bond motifs is 1. The Morgan fingerprint density at radius 2 is 1.96 bits per heavy atom. The van der Waals surface area contributed by atoms with Crippen LogP contribution < -0.4 is 5.43 Å². The third-order valence-corrected chi connectivity index (χ3v) is 3.88. The number of aromatic carboxylic acids is 1. The second-order valence-electron chi connectivity index (χ2n) is 5.66. The van der Waals surface area contributed by atoms with Crippen molar-refractivity contribution in [1.29, 1.82) is 0 Å². The Balaban J connectivity index is 2.28. The molecule has 2 aromatic heterocycles. The number of hydrogen-bond acceptors (Lipinski definition) is 4. The molecule has 0 unspecified atom stereocenters. The van der Waals surface area contributed by atoms with Gasteiger partial charge in [0.25, 0.3) is 0 Å². The summed E-state index contributed by atoms with van der Waals surface area (Å²) in [7, 11) is 0. The number of pyridine rings is 2. The molecule has 3 aromatic rings. The van der Waals surface area contributed by atoms with Crippen molar-refractivity contribution in [2.75, 3.05) is 0 Å². The van der Waals surface area contributed by atoms with Gasteiger partial charge in [0.15, 0.2) is 0 Å². The van der Waals surface area contributed by atoms with E-state index in [0.717, 1.165) is 12.3 Å². The molecule has 0 saturated heterocycles. The maximum atomic E-state index is 14.2. The van der Waals surface area contributed by atoms with E-state index in [1.165, 1.54) is 10.6 Å². The first-order valence-electron chi connectivity index (χ1n) is 7.57. The van der Waals surface area contributed by atoms with Gasteiger partial charge < -0.3 is 14.8 Å². The highest BCUT2D eigenvalue weighted by molar-refractivity contribution is 5.93. The van der Waals surface area contributed by atoms with Gasteiger partial charge >= 0.3 is 11.9 Å². The summed E-state index contributed by atoms with van der Waals surface area (Å²) in [5.41, 5.74) is -0.590. The lowest BCUT2D eigenvalue weighted by molar-refractivity contribution is -0.136. The Labute approximate surface area is 146 Å². The average molecular weight is 356 g/mol. The Bertz CT molecular complexity index is 1080. The third kappa shape index (κ3) is 3.30. The maximum Gasteiger partial charge on any atom is 0.341 e. The van der Waals surface area contributed by atoms with Gasteiger partial charge in [-0.2, -0.15) is 0 Å². The molecule has 0 aliphatic heterocycles. The fraction of sp³-hybridized carbons (Fsp3) is 0.111. The van der Waals surface area contributed by atoms with Crippen LogP contribution in [0.5, 0.6) is 0 Å². The lowest BCUT2D eigenvalue weighted by atomic mass is 10.1. The van der Waals surface area contributed by atoms with E-state index in [0.29, 0.717) is 5.69 Å². The van der Waals surface area contributed by atoms with Gasteiger partial charge in [0.05, 0.1) is 24.2 Å². The minimum Gasteiger partial charge on any atom is -0.481 e. The summed E-state index contributed by atoms with van der Waals surface area (Å²) in [6.07, 6.45) is 2.16. The van der Waals surface area contributed by atoms with Crippen molar-refractivity contribution < 1.29 is 24.2 Å². The molecule has 0 aliphatic rings. The van der Waals surface area contributed by atoms with Gasteiger partial charge in [-0.25, -0.2) is 9.18 Å². The first kappa shape index (κ1) is 17.3. The topological polar surface area (TPSA) is 109 Å². The van der Waals surface area contributed by atoms with Crippen LogP contribution in [0.2, 0.25) is 0 Å². The lowest BCUT2D eigenvalue weighted by Crippen LogP contribution is -2.20. The van der Waals surface area contributed by atoms with E-state index in [2.05, 4.69) is 4.98 Å². The number of carboxylic acids is 2. The molecule has 8 heteroatoms. The molecule has 0 amide bonds. The van der Waals surface area contributed by atoms with Crippen molar-refractivity contribution >= 4 is 22.8 Å². The molecule has 2 N–H and O–H groups in total. The summed E-state index contributed by atoms with van der Waals surface area (Å²) in [5, 5.41) is 18.0. The summed E-state index contributed by atoms with van der Waals surface area (Å²) in [6.45, 7) is 0.135. The molecule has 0 aliphatic carbocycles. The summed E-state index contributed by atoms with van der Waals surface area (Å²) in [5.74, 6) is -3.52. The zero-order valence-electron chi connectivity index (χ0n) is 13.3. The molecule has 0 spiro atoms. The molecule has 0 saturated carbocycles. The van der Waals surface area contributed by atoms with E-state index < -0.39 is 35.2 Å². The Morgan fingerprint density at radius 1 is 1.19 bits per heavy atom. The molecule has 7 nitrogen and oxygen atoms in total. The van der Waals surface area contributed by atoms with Gasteiger partial charge in [-0.15, -0.1) is 0 Å². The predicted molar refractivity (Wildman–Crippen MR) is 89.8 cm³/mol. The smallest absolute Gasteiger partial charge is 0.341 e. The van der Waals surface area contributed by atoms with Crippen LogP contribution in [0.15, 0.2) is 47.5 Å². The minimum absolute atomic E-state index is 0.0951. The second-order valence-corrected chi connectivity index (χ2v) is 5.66. The largest absolute Gasteiger partial charge is 0.481 e. The predicted octanol–water partition coefficient (Wildman–Crippen LogP) is 1.91. The van der Waals surface area contributed by atoms with Crippen LogP contribution in [0, 0.1) is 5.82 Å². The number of hydrogen-bond donors (Lipinski definition) is 2. The summed E-state index contributed by atoms with van der Waals surface area (Å²) < 4.78 is 15.6. The Kier molecular flexibility index (Phi) is 4.49. The number of rotatable bonds is 5. The van der Waals surface area contributed by atoms with E-state index in [4.69, 9.17) is 5.11 Å². The van der Waals surface area contributed by atoms with E-state index in [1.807, 2.05) is 0 Å². The number of aliphatic carboxylic acids is 1. The number of halogens is 1. The van der Waals surface area contributed by atoms with Crippen molar-refractivity contribution in [1.82, 2.24) is 9.55 Å². The second kappa shape index (κ2) is 6.75. The van der Waals surface area contributed by atoms with E-state index >= 15 is 0 Å². The van der Waals surface area contributed by atoms with Crippen molar-refractivity contribution in [3.8, 4) is 0 Å². The molecule has 132 valence electrons. The Hall–Kier alpha value is -3.55. The first-order chi connectivity index (χ1) is 12.4. The van der Waals surface area contributed by atoms with Gasteiger partial charge in [-0.05, 0) is 24.3 Å². The van der Waals surface area contributed by atoms with Crippen molar-refractivity contribution in [2.45, 2.75) is 13.0 Å². The molecule has 0 atom stereocenters. The zero-order valence-corrected chi connectivity index (χ0v) is 13.3. The van der Waals surface area contributed by atoms with Gasteiger partial charge in [-0.1, -0.05) is 6.07 Å². The lowest BCUT2D eigenvalue weighted by Gasteiger charge is -2.13. The number of carbonyl (C=O) groups is 2. The highest BCUT2D eigenvalue weighted by Gasteiger charge is 2.18. The van der Waals surface area contributed by atoms with Crippen molar-refractivity contribution in [2.24, 2.45) is 0 Å². The molecule has 0 radical (unpaired) electrons. The van der Waals surface area contributed by atoms with Gasteiger partial charge in [0.1, 0.15) is 11.4 Å². The fourth-order valence-electron chi connectivity index (χ4n) is 2.70. The van der Waals surface area contributed by atoms with E-state index in [9.17, 15) is 23.9 Å². The van der Waals surface area contributed by atoms with E-state index in [-0.39, 0.29) is 23.0 Å². The molecule has 0 fully saturated rings. The Morgan fingerprint density at radius 3 is 2.58 bits per heavy atom. The standard InChI is InChI=1S/C18H13FN2O5/c19-14-7-12-15(5-10(14)6-16(22)23)21(8-11-3-1-2-4-20-11)9-13(17(12)24)18(25)26/h1-5,7,9H,6,8H2,(H,22,23)(H,25,26). The van der Waals surface area contributed by atoms with Crippen LogP contribution in [0.3, 0.4) is 0 Å². The first-order valence-corrected chi connectivity index (χ1v) is 7.57. The number of nitrogens with zero attached hydrogens (tertiary/aromatic N) is 2. The van der Waals surface area contributed by atoms with Crippen molar-refractivity contribution in [3.63, 3.8) is 0 Å². The molecule has 2 heterocycles. The molecule has 1 aromatic carbocycles. The van der Waals surface area contributed by atoms with Crippen LogP contribution in [-0.2, 0) is 17.8 Å². The van der Waals surface area contributed by atoms with Crippen LogP contribution in [0.1, 0.15) is 21.6 Å². The fourth-order valence-corrected chi connectivity index (χ4v) is 2.70. The summed E-state index contributed by atoms with van der Waals surface area (Å²) in [6, 6.07) is 7.33. The van der Waals surface area contributed by atoms with Crippen LogP contribution in [-0.4, -0.2) is 31.7 Å². The molecule has 0 bridgehead atoms. The highest BCUT2D eigenvalue weighted by atomic mass is 19.1. The quantitative estimate of drug-likeness (QED) is 0.723. The van der Waals surface area contributed by atoms with Crippen LogP contribution in [0.25, 0.3) is 10.9 Å². The third-order valence-electron chi connectivity index (χ3n) is 3.88. The van der Waals surface area contributed by atoms with Crippen molar-refractivity contribution in [3.05, 3.63) is 75.6 Å².